The molecule has 0 aliphatic heterocycles. The van der Waals surface area contributed by atoms with Crippen LogP contribution in [-0.4, -0.2) is 26.4 Å². The highest BCUT2D eigenvalue weighted by atomic mass is 32.2. The minimum atomic E-state index is -1.01. The van der Waals surface area contributed by atoms with Gasteiger partial charge >= 0.3 is 0 Å². The van der Waals surface area contributed by atoms with E-state index in [1.807, 2.05) is 23.7 Å². The molecule has 2 aromatic carbocycles. The molecule has 1 amide bonds. The van der Waals surface area contributed by atoms with Crippen LogP contribution in [0, 0.1) is 11.6 Å². The number of thioether (sulfide) groups is 1. The highest BCUT2D eigenvalue weighted by Gasteiger charge is 2.16. The first-order valence-electron chi connectivity index (χ1n) is 9.03. The Labute approximate surface area is 172 Å². The van der Waals surface area contributed by atoms with Crippen LogP contribution >= 0.6 is 11.8 Å². The third kappa shape index (κ3) is 5.00. The summed E-state index contributed by atoms with van der Waals surface area (Å²) in [6.45, 7) is 6.47. The summed E-state index contributed by atoms with van der Waals surface area (Å²) in [6, 6.07) is 11.4. The normalized spacial score (nSPS) is 11.5. The van der Waals surface area contributed by atoms with E-state index < -0.39 is 11.6 Å². The molecule has 0 radical (unpaired) electrons. The van der Waals surface area contributed by atoms with Crippen LogP contribution in [0.15, 0.2) is 47.6 Å². The molecule has 0 aliphatic rings. The SMILES string of the molecule is Cn1c(SCC(=O)Nc2ccc(F)c(F)c2)nnc1-c1ccc(C(C)(C)C)cc1. The highest BCUT2D eigenvalue weighted by molar-refractivity contribution is 7.99. The number of benzene rings is 2. The molecule has 0 unspecified atom stereocenters. The van der Waals surface area contributed by atoms with Gasteiger partial charge in [0.05, 0.1) is 5.75 Å². The molecule has 1 N–H and O–H groups in total. The van der Waals surface area contributed by atoms with Crippen LogP contribution in [0.1, 0.15) is 26.3 Å². The van der Waals surface area contributed by atoms with E-state index in [2.05, 4.69) is 48.4 Å². The second-order valence-electron chi connectivity index (χ2n) is 7.66. The third-order valence-corrected chi connectivity index (χ3v) is 5.40. The standard InChI is InChI=1S/C21H22F2N4OS/c1-21(2,3)14-7-5-13(6-8-14)19-25-26-20(27(19)4)29-12-18(28)24-15-9-10-16(22)17(23)11-15/h5-11H,12H2,1-4H3,(H,24,28). The average Bonchev–Trinajstić information content (AvgIpc) is 3.03. The summed E-state index contributed by atoms with van der Waals surface area (Å²) in [7, 11) is 1.84. The summed E-state index contributed by atoms with van der Waals surface area (Å²) in [5, 5.41) is 11.5. The Kier molecular flexibility index (Phi) is 6.02. The zero-order valence-corrected chi connectivity index (χ0v) is 17.5. The fourth-order valence-electron chi connectivity index (χ4n) is 2.71. The number of carbonyl (C=O) groups excluding carboxylic acids is 1. The second kappa shape index (κ2) is 8.32. The number of rotatable bonds is 5. The lowest BCUT2D eigenvalue weighted by molar-refractivity contribution is -0.113. The van der Waals surface area contributed by atoms with E-state index in [0.29, 0.717) is 11.0 Å². The summed E-state index contributed by atoms with van der Waals surface area (Å²) >= 11 is 1.21. The number of hydrogen-bond acceptors (Lipinski definition) is 4. The van der Waals surface area contributed by atoms with Gasteiger partial charge in [0.1, 0.15) is 0 Å². The van der Waals surface area contributed by atoms with Gasteiger partial charge in [0.15, 0.2) is 22.6 Å². The Hall–Kier alpha value is -2.74. The first-order chi connectivity index (χ1) is 13.6. The number of nitrogens with zero attached hydrogens (tertiary/aromatic N) is 3. The van der Waals surface area contributed by atoms with Gasteiger partial charge < -0.3 is 9.88 Å². The van der Waals surface area contributed by atoms with Crippen molar-refractivity contribution in [2.45, 2.75) is 31.3 Å². The monoisotopic (exact) mass is 416 g/mol. The predicted molar refractivity (Wildman–Crippen MR) is 111 cm³/mol. The van der Waals surface area contributed by atoms with E-state index in [1.54, 1.807) is 0 Å². The second-order valence-corrected chi connectivity index (χ2v) is 8.60. The maximum Gasteiger partial charge on any atom is 0.234 e. The van der Waals surface area contributed by atoms with Gasteiger partial charge in [-0.25, -0.2) is 8.78 Å². The summed E-state index contributed by atoms with van der Waals surface area (Å²) in [4.78, 5) is 12.1. The van der Waals surface area contributed by atoms with Gasteiger partial charge in [-0.1, -0.05) is 56.8 Å². The third-order valence-electron chi connectivity index (χ3n) is 4.38. The lowest BCUT2D eigenvalue weighted by atomic mass is 9.87. The maximum absolute atomic E-state index is 13.2. The fraction of sp³-hybridized carbons (Fsp3) is 0.286. The fourth-order valence-corrected chi connectivity index (χ4v) is 3.42. The molecular formula is C21H22F2N4OS. The van der Waals surface area contributed by atoms with Gasteiger partial charge in [0, 0.05) is 24.4 Å². The minimum absolute atomic E-state index is 0.0634. The Morgan fingerprint density at radius 1 is 1.07 bits per heavy atom. The van der Waals surface area contributed by atoms with E-state index in [-0.39, 0.29) is 22.8 Å². The van der Waals surface area contributed by atoms with E-state index in [9.17, 15) is 13.6 Å². The Morgan fingerprint density at radius 2 is 1.76 bits per heavy atom. The number of hydrogen-bond donors (Lipinski definition) is 1. The molecule has 5 nitrogen and oxygen atoms in total. The quantitative estimate of drug-likeness (QED) is 0.608. The summed E-state index contributed by atoms with van der Waals surface area (Å²) in [5.74, 6) is -1.55. The average molecular weight is 416 g/mol. The number of carbonyl (C=O) groups is 1. The summed E-state index contributed by atoms with van der Waals surface area (Å²) in [6.07, 6.45) is 0. The molecule has 0 saturated carbocycles. The van der Waals surface area contributed by atoms with Crippen molar-refractivity contribution < 1.29 is 13.6 Å². The topological polar surface area (TPSA) is 59.8 Å². The number of anilines is 1. The maximum atomic E-state index is 13.2. The smallest absolute Gasteiger partial charge is 0.234 e. The van der Waals surface area contributed by atoms with Gasteiger partial charge in [0.2, 0.25) is 5.91 Å². The largest absolute Gasteiger partial charge is 0.325 e. The van der Waals surface area contributed by atoms with E-state index in [0.717, 1.165) is 17.7 Å². The van der Waals surface area contributed by atoms with Crippen molar-refractivity contribution in [1.29, 1.82) is 0 Å². The zero-order chi connectivity index (χ0) is 21.2. The molecule has 3 aromatic rings. The lowest BCUT2D eigenvalue weighted by Crippen LogP contribution is -2.14. The molecule has 0 bridgehead atoms. The number of nitrogens with one attached hydrogen (secondary N) is 1. The Balaban J connectivity index is 1.65. The number of amides is 1. The van der Waals surface area contributed by atoms with E-state index in [4.69, 9.17) is 0 Å². The molecule has 8 heteroatoms. The van der Waals surface area contributed by atoms with E-state index in [1.165, 1.54) is 23.4 Å². The van der Waals surface area contributed by atoms with Crippen molar-refractivity contribution in [2.75, 3.05) is 11.1 Å². The van der Waals surface area contributed by atoms with Gasteiger partial charge in [-0.2, -0.15) is 0 Å². The summed E-state index contributed by atoms with van der Waals surface area (Å²) < 4.78 is 28.0. The molecule has 0 saturated heterocycles. The van der Waals surface area contributed by atoms with Gasteiger partial charge in [-0.3, -0.25) is 4.79 Å². The lowest BCUT2D eigenvalue weighted by Gasteiger charge is -2.19. The zero-order valence-electron chi connectivity index (χ0n) is 16.7. The first kappa shape index (κ1) is 21.0. The predicted octanol–water partition coefficient (Wildman–Crippen LogP) is 4.79. The molecule has 0 atom stereocenters. The van der Waals surface area contributed by atoms with Crippen LogP contribution < -0.4 is 5.32 Å². The minimum Gasteiger partial charge on any atom is -0.325 e. The molecule has 29 heavy (non-hydrogen) atoms. The van der Waals surface area contributed by atoms with E-state index >= 15 is 0 Å². The Morgan fingerprint density at radius 3 is 2.38 bits per heavy atom. The van der Waals surface area contributed by atoms with Crippen molar-refractivity contribution in [2.24, 2.45) is 7.05 Å². The van der Waals surface area contributed by atoms with Crippen LogP contribution in [-0.2, 0) is 17.3 Å². The molecule has 0 fully saturated rings. The Bertz CT molecular complexity index is 1030. The van der Waals surface area contributed by atoms with Crippen molar-refractivity contribution in [3.63, 3.8) is 0 Å². The van der Waals surface area contributed by atoms with Crippen molar-refractivity contribution in [1.82, 2.24) is 14.8 Å². The van der Waals surface area contributed by atoms with Gasteiger partial charge in [0.25, 0.3) is 0 Å². The van der Waals surface area contributed by atoms with Crippen molar-refractivity contribution in [3.8, 4) is 11.4 Å². The molecule has 1 aromatic heterocycles. The van der Waals surface area contributed by atoms with Crippen LogP contribution in [0.3, 0.4) is 0 Å². The first-order valence-corrected chi connectivity index (χ1v) is 10.0. The highest BCUT2D eigenvalue weighted by Crippen LogP contribution is 2.27. The van der Waals surface area contributed by atoms with Crippen molar-refractivity contribution >= 4 is 23.4 Å². The molecule has 152 valence electrons. The van der Waals surface area contributed by atoms with Gasteiger partial charge in [-0.15, -0.1) is 10.2 Å². The van der Waals surface area contributed by atoms with Crippen LogP contribution in [0.25, 0.3) is 11.4 Å². The van der Waals surface area contributed by atoms with Crippen LogP contribution in [0.4, 0.5) is 14.5 Å². The van der Waals surface area contributed by atoms with Crippen molar-refractivity contribution in [3.05, 3.63) is 59.7 Å². The molecule has 0 spiro atoms. The molecule has 0 aliphatic carbocycles. The molecular weight excluding hydrogens is 394 g/mol. The molecule has 3 rings (SSSR count). The number of aromatic nitrogens is 3. The summed E-state index contributed by atoms with van der Waals surface area (Å²) in [5.41, 5.74) is 2.44. The van der Waals surface area contributed by atoms with Crippen LogP contribution in [0.2, 0.25) is 0 Å². The number of halogens is 2. The van der Waals surface area contributed by atoms with Crippen LogP contribution in [0.5, 0.6) is 0 Å². The van der Waals surface area contributed by atoms with Gasteiger partial charge in [-0.05, 0) is 23.1 Å². The molecule has 1 heterocycles.